The Morgan fingerprint density at radius 2 is 1.20 bits per heavy atom. The Balaban J connectivity index is 2.29. The van der Waals surface area contributed by atoms with Gasteiger partial charge in [0.1, 0.15) is 0 Å². The highest BCUT2D eigenvalue weighted by Crippen LogP contribution is 2.56. The molecule has 1 heterocycles. The van der Waals surface area contributed by atoms with Crippen LogP contribution in [0.15, 0.2) is 6.07 Å². The third-order valence-corrected chi connectivity index (χ3v) is 5.13. The summed E-state index contributed by atoms with van der Waals surface area (Å²) in [7, 11) is 0. The summed E-state index contributed by atoms with van der Waals surface area (Å²) in [4.78, 5) is 0. The van der Waals surface area contributed by atoms with Crippen molar-refractivity contribution in [2.75, 3.05) is 0 Å². The Kier molecular flexibility index (Phi) is 4.74. The zero-order valence-corrected chi connectivity index (χ0v) is 15.8. The van der Waals surface area contributed by atoms with Crippen LogP contribution >= 0.6 is 11.6 Å². The van der Waals surface area contributed by atoms with Gasteiger partial charge in [-0.2, -0.15) is 0 Å². The lowest BCUT2D eigenvalue weighted by Gasteiger charge is -2.28. The summed E-state index contributed by atoms with van der Waals surface area (Å²) in [6, 6.07) is 1.77. The molecule has 0 fully saturated rings. The smallest absolute Gasteiger partial charge is 0.177 e. The minimum atomic E-state index is -0.142. The van der Waals surface area contributed by atoms with Gasteiger partial charge in [-0.15, -0.1) is 0 Å². The second-order valence-corrected chi connectivity index (χ2v) is 6.48. The molecule has 1 aliphatic rings. The fraction of sp³-hybridized carbons (Fsp3) is 0.400. The molecule has 0 saturated carbocycles. The van der Waals surface area contributed by atoms with E-state index in [-0.39, 0.29) is 11.5 Å². The molecule has 0 saturated heterocycles. The third-order valence-electron chi connectivity index (χ3n) is 4.79. The van der Waals surface area contributed by atoms with E-state index in [9.17, 15) is 10.2 Å². The lowest BCUT2D eigenvalue weighted by molar-refractivity contribution is 0.333. The van der Waals surface area contributed by atoms with Crippen molar-refractivity contribution >= 4 is 11.6 Å². The number of ether oxygens (including phenoxy) is 2. The predicted octanol–water partition coefficient (Wildman–Crippen LogP) is 5.90. The van der Waals surface area contributed by atoms with Gasteiger partial charge in [-0.3, -0.25) is 0 Å². The molecule has 0 aliphatic carbocycles. The van der Waals surface area contributed by atoms with Gasteiger partial charge < -0.3 is 19.7 Å². The highest BCUT2D eigenvalue weighted by molar-refractivity contribution is 6.31. The number of aromatic hydroxyl groups is 2. The number of hydrogen-bond acceptors (Lipinski definition) is 4. The highest BCUT2D eigenvalue weighted by atomic mass is 35.5. The Hall–Kier alpha value is -2.07. The lowest BCUT2D eigenvalue weighted by atomic mass is 9.98. The quantitative estimate of drug-likeness (QED) is 0.567. The number of phenols is 2. The summed E-state index contributed by atoms with van der Waals surface area (Å²) in [6.45, 7) is 7.90. The molecule has 2 aromatic rings. The molecule has 0 spiro atoms. The topological polar surface area (TPSA) is 58.9 Å². The molecule has 3 rings (SSSR count). The van der Waals surface area contributed by atoms with E-state index < -0.39 is 0 Å². The molecule has 2 aromatic carbocycles. The van der Waals surface area contributed by atoms with Crippen molar-refractivity contribution in [1.29, 1.82) is 0 Å². The van der Waals surface area contributed by atoms with E-state index in [4.69, 9.17) is 21.1 Å². The Morgan fingerprint density at radius 1 is 0.720 bits per heavy atom. The molecule has 5 heteroatoms. The summed E-state index contributed by atoms with van der Waals surface area (Å²) in [5.74, 6) is 1.88. The van der Waals surface area contributed by atoms with E-state index >= 15 is 0 Å². The first-order chi connectivity index (χ1) is 12.0. The van der Waals surface area contributed by atoms with Gasteiger partial charge in [-0.1, -0.05) is 39.3 Å². The number of halogens is 1. The molecule has 25 heavy (non-hydrogen) atoms. The van der Waals surface area contributed by atoms with E-state index in [1.165, 1.54) is 0 Å². The summed E-state index contributed by atoms with van der Waals surface area (Å²) in [5, 5.41) is 21.4. The molecule has 0 radical (unpaired) electrons. The normalized spacial score (nSPS) is 12.2. The van der Waals surface area contributed by atoms with Gasteiger partial charge in [0.05, 0.1) is 0 Å². The molecule has 0 unspecified atom stereocenters. The zero-order valence-electron chi connectivity index (χ0n) is 15.0. The minimum absolute atomic E-state index is 0.132. The van der Waals surface area contributed by atoms with E-state index in [0.29, 0.717) is 52.0 Å². The van der Waals surface area contributed by atoms with Crippen LogP contribution in [-0.4, -0.2) is 10.2 Å². The molecular weight excluding hydrogens is 340 g/mol. The number of phenolic OH excluding ortho intramolecular Hbond substituents is 2. The largest absolute Gasteiger partial charge is 0.504 e. The van der Waals surface area contributed by atoms with Crippen LogP contribution in [0.5, 0.6) is 34.5 Å². The minimum Gasteiger partial charge on any atom is -0.504 e. The maximum Gasteiger partial charge on any atom is 0.177 e. The molecule has 4 nitrogen and oxygen atoms in total. The van der Waals surface area contributed by atoms with Crippen LogP contribution in [0, 0.1) is 0 Å². The van der Waals surface area contributed by atoms with Crippen LogP contribution in [0.3, 0.4) is 0 Å². The summed E-state index contributed by atoms with van der Waals surface area (Å²) < 4.78 is 12.4. The Bertz CT molecular complexity index is 843. The second-order valence-electron chi connectivity index (χ2n) is 6.07. The van der Waals surface area contributed by atoms with Gasteiger partial charge in [-0.25, -0.2) is 0 Å². The lowest BCUT2D eigenvalue weighted by Crippen LogP contribution is -2.08. The number of hydrogen-bond donors (Lipinski definition) is 2. The average Bonchev–Trinajstić information content (AvgIpc) is 2.61. The first-order valence-corrected chi connectivity index (χ1v) is 9.15. The van der Waals surface area contributed by atoms with Gasteiger partial charge in [-0.05, 0) is 31.2 Å². The SMILES string of the molecule is CCc1c(Cl)cc2c(c1CC)Oc1c(CC)c(O)c(O)c(CC)c1O2. The predicted molar refractivity (Wildman–Crippen MR) is 98.9 cm³/mol. The maximum atomic E-state index is 10.4. The first-order valence-electron chi connectivity index (χ1n) is 8.77. The molecule has 0 atom stereocenters. The van der Waals surface area contributed by atoms with Crippen molar-refractivity contribution in [3.63, 3.8) is 0 Å². The summed E-state index contributed by atoms with van der Waals surface area (Å²) in [5.41, 5.74) is 3.14. The molecular formula is C20H23ClO4. The van der Waals surface area contributed by atoms with Crippen LogP contribution in [0.1, 0.15) is 49.9 Å². The molecule has 134 valence electrons. The van der Waals surface area contributed by atoms with E-state index in [1.807, 2.05) is 13.8 Å². The fourth-order valence-electron chi connectivity index (χ4n) is 3.50. The Morgan fingerprint density at radius 3 is 1.68 bits per heavy atom. The molecule has 0 amide bonds. The second kappa shape index (κ2) is 6.68. The number of fused-ring (bicyclic) bond motifs is 2. The maximum absolute atomic E-state index is 10.4. The van der Waals surface area contributed by atoms with Gasteiger partial charge in [0.15, 0.2) is 34.5 Å². The van der Waals surface area contributed by atoms with Crippen molar-refractivity contribution in [3.8, 4) is 34.5 Å². The summed E-state index contributed by atoms with van der Waals surface area (Å²) in [6.07, 6.45) is 2.58. The van der Waals surface area contributed by atoms with Crippen LogP contribution in [0.4, 0.5) is 0 Å². The van der Waals surface area contributed by atoms with Crippen molar-refractivity contribution in [2.45, 2.75) is 53.4 Å². The van der Waals surface area contributed by atoms with Crippen LogP contribution in [0.2, 0.25) is 5.02 Å². The van der Waals surface area contributed by atoms with Gasteiger partial charge in [0.25, 0.3) is 0 Å². The molecule has 2 N–H and O–H groups in total. The van der Waals surface area contributed by atoms with Gasteiger partial charge >= 0.3 is 0 Å². The van der Waals surface area contributed by atoms with Crippen molar-refractivity contribution in [2.24, 2.45) is 0 Å². The van der Waals surface area contributed by atoms with Crippen molar-refractivity contribution < 1.29 is 19.7 Å². The first kappa shape index (κ1) is 17.7. The van der Waals surface area contributed by atoms with Gasteiger partial charge in [0.2, 0.25) is 0 Å². The van der Waals surface area contributed by atoms with Crippen molar-refractivity contribution in [3.05, 3.63) is 33.3 Å². The molecule has 0 bridgehead atoms. The zero-order chi connectivity index (χ0) is 18.3. The van der Waals surface area contributed by atoms with E-state index in [0.717, 1.165) is 24.0 Å². The van der Waals surface area contributed by atoms with Crippen LogP contribution in [-0.2, 0) is 25.7 Å². The summed E-state index contributed by atoms with van der Waals surface area (Å²) >= 11 is 6.44. The fourth-order valence-corrected chi connectivity index (χ4v) is 3.85. The van der Waals surface area contributed by atoms with E-state index in [1.54, 1.807) is 6.07 Å². The monoisotopic (exact) mass is 362 g/mol. The van der Waals surface area contributed by atoms with Crippen molar-refractivity contribution in [1.82, 2.24) is 0 Å². The molecule has 1 aliphatic heterocycles. The van der Waals surface area contributed by atoms with Crippen LogP contribution in [0.25, 0.3) is 0 Å². The standard InChI is InChI=1S/C20H23ClO4/c1-5-10-11(6-2)18-15(9-14(10)21)24-19-12(7-3)16(22)17(23)13(8-4)20(19)25-18/h9,22-23H,5-8H2,1-4H3. The van der Waals surface area contributed by atoms with E-state index in [2.05, 4.69) is 13.8 Å². The average molecular weight is 363 g/mol. The molecule has 0 aromatic heterocycles. The van der Waals surface area contributed by atoms with Crippen LogP contribution < -0.4 is 9.47 Å². The van der Waals surface area contributed by atoms with Gasteiger partial charge in [0, 0.05) is 27.8 Å². The number of rotatable bonds is 4. The number of benzene rings is 2. The Labute approximate surface area is 153 Å². The highest BCUT2D eigenvalue weighted by Gasteiger charge is 2.32. The third kappa shape index (κ3) is 2.60.